The fourth-order valence-electron chi connectivity index (χ4n) is 2.89. The van der Waals surface area contributed by atoms with E-state index in [1.54, 1.807) is 13.1 Å². The van der Waals surface area contributed by atoms with Crippen molar-refractivity contribution in [1.82, 2.24) is 15.6 Å². The lowest BCUT2D eigenvalue weighted by molar-refractivity contribution is 0.624. The van der Waals surface area contributed by atoms with Gasteiger partial charge in [-0.05, 0) is 42.2 Å². The number of pyridine rings is 1. The van der Waals surface area contributed by atoms with Gasteiger partial charge in [0.1, 0.15) is 11.6 Å². The fourth-order valence-corrected chi connectivity index (χ4v) is 2.89. The van der Waals surface area contributed by atoms with Gasteiger partial charge in [0.05, 0.1) is 0 Å². The molecule has 1 aromatic heterocycles. The molecule has 5 nitrogen and oxygen atoms in total. The fraction of sp³-hybridized carbons (Fsp3) is 0.368. The zero-order valence-electron chi connectivity index (χ0n) is 14.5. The molecule has 0 atom stereocenters. The quantitative estimate of drug-likeness (QED) is 0.648. The topological polar surface area (TPSA) is 52.6 Å². The highest BCUT2D eigenvalue weighted by Gasteiger charge is 2.12. The van der Waals surface area contributed by atoms with E-state index in [1.165, 1.54) is 25.0 Å². The molecule has 2 N–H and O–H groups in total. The van der Waals surface area contributed by atoms with Crippen LogP contribution in [0.25, 0.3) is 0 Å². The van der Waals surface area contributed by atoms with Gasteiger partial charge in [-0.2, -0.15) is 0 Å². The first-order valence-corrected chi connectivity index (χ1v) is 8.63. The molecule has 25 heavy (non-hydrogen) atoms. The van der Waals surface area contributed by atoms with Crippen LogP contribution >= 0.6 is 0 Å². The Bertz CT molecular complexity index is 708. The van der Waals surface area contributed by atoms with Crippen molar-refractivity contribution in [3.63, 3.8) is 0 Å². The monoisotopic (exact) mass is 341 g/mol. The Morgan fingerprint density at radius 3 is 2.52 bits per heavy atom. The van der Waals surface area contributed by atoms with Crippen LogP contribution in [0.5, 0.6) is 0 Å². The Balaban J connectivity index is 1.49. The first-order valence-electron chi connectivity index (χ1n) is 8.63. The van der Waals surface area contributed by atoms with Crippen molar-refractivity contribution >= 4 is 11.8 Å². The maximum Gasteiger partial charge on any atom is 0.191 e. The minimum atomic E-state index is -0.230. The molecule has 6 heteroatoms. The molecule has 132 valence electrons. The number of hydrogen-bond acceptors (Lipinski definition) is 3. The zero-order valence-corrected chi connectivity index (χ0v) is 14.5. The number of benzene rings is 1. The van der Waals surface area contributed by atoms with Crippen LogP contribution < -0.4 is 15.5 Å². The molecular weight excluding hydrogens is 317 g/mol. The van der Waals surface area contributed by atoms with E-state index in [1.807, 2.05) is 12.3 Å². The van der Waals surface area contributed by atoms with Crippen molar-refractivity contribution in [3.8, 4) is 0 Å². The van der Waals surface area contributed by atoms with Crippen molar-refractivity contribution in [3.05, 3.63) is 59.5 Å². The average molecular weight is 341 g/mol. The normalized spacial score (nSPS) is 14.6. The Morgan fingerprint density at radius 2 is 1.88 bits per heavy atom. The SMILES string of the molecule is CN=C(NCc1ccc(N2CCCC2)nc1)NCc1cccc(F)c1. The summed E-state index contributed by atoms with van der Waals surface area (Å²) in [6.07, 6.45) is 4.40. The molecule has 2 aromatic rings. The minimum Gasteiger partial charge on any atom is -0.357 e. The van der Waals surface area contributed by atoms with Crippen molar-refractivity contribution in [2.45, 2.75) is 25.9 Å². The number of rotatable bonds is 5. The van der Waals surface area contributed by atoms with Gasteiger partial charge in [-0.1, -0.05) is 18.2 Å². The lowest BCUT2D eigenvalue weighted by Gasteiger charge is -2.16. The zero-order chi connectivity index (χ0) is 17.5. The first-order chi connectivity index (χ1) is 12.2. The third kappa shape index (κ3) is 4.92. The minimum absolute atomic E-state index is 0.230. The van der Waals surface area contributed by atoms with Gasteiger partial charge in [0, 0.05) is 39.4 Å². The molecule has 0 aliphatic carbocycles. The average Bonchev–Trinajstić information content (AvgIpc) is 3.17. The van der Waals surface area contributed by atoms with Gasteiger partial charge in [0.25, 0.3) is 0 Å². The number of hydrogen-bond donors (Lipinski definition) is 2. The van der Waals surface area contributed by atoms with Crippen LogP contribution in [0.4, 0.5) is 10.2 Å². The number of nitrogens with zero attached hydrogens (tertiary/aromatic N) is 3. The number of guanidine groups is 1. The molecule has 0 radical (unpaired) electrons. The predicted octanol–water partition coefficient (Wildman–Crippen LogP) is 2.69. The predicted molar refractivity (Wildman–Crippen MR) is 99.1 cm³/mol. The first kappa shape index (κ1) is 17.2. The van der Waals surface area contributed by atoms with Crippen LogP contribution in [0.15, 0.2) is 47.6 Å². The Morgan fingerprint density at radius 1 is 1.12 bits per heavy atom. The highest BCUT2D eigenvalue weighted by molar-refractivity contribution is 5.79. The van der Waals surface area contributed by atoms with Gasteiger partial charge in [-0.15, -0.1) is 0 Å². The largest absolute Gasteiger partial charge is 0.357 e. The van der Waals surface area contributed by atoms with Crippen LogP contribution in [0.3, 0.4) is 0 Å². The summed E-state index contributed by atoms with van der Waals surface area (Å²) in [6.45, 7) is 3.35. The molecule has 1 aromatic carbocycles. The lowest BCUT2D eigenvalue weighted by atomic mass is 10.2. The van der Waals surface area contributed by atoms with E-state index in [0.29, 0.717) is 19.0 Å². The molecular formula is C19H24FN5. The summed E-state index contributed by atoms with van der Waals surface area (Å²) in [7, 11) is 1.72. The molecule has 1 aliphatic rings. The van der Waals surface area contributed by atoms with E-state index in [2.05, 4.69) is 37.6 Å². The van der Waals surface area contributed by atoms with Gasteiger partial charge in [-0.3, -0.25) is 4.99 Å². The van der Waals surface area contributed by atoms with Crippen molar-refractivity contribution < 1.29 is 4.39 Å². The summed E-state index contributed by atoms with van der Waals surface area (Å²) >= 11 is 0. The van der Waals surface area contributed by atoms with Crippen LogP contribution in [-0.2, 0) is 13.1 Å². The summed E-state index contributed by atoms with van der Waals surface area (Å²) in [4.78, 5) is 11.1. The second kappa shape index (κ2) is 8.46. The van der Waals surface area contributed by atoms with Gasteiger partial charge in [-0.25, -0.2) is 9.37 Å². The third-order valence-corrected chi connectivity index (χ3v) is 4.27. The standard InChI is InChI=1S/C19H24FN5/c1-21-19(23-12-15-5-4-6-17(20)11-15)24-14-16-7-8-18(22-13-16)25-9-2-3-10-25/h4-8,11,13H,2-3,9-10,12,14H2,1H3,(H2,21,23,24). The van der Waals surface area contributed by atoms with Gasteiger partial charge in [0.2, 0.25) is 0 Å². The van der Waals surface area contributed by atoms with E-state index >= 15 is 0 Å². The molecule has 0 saturated carbocycles. The van der Waals surface area contributed by atoms with Gasteiger partial charge in [0.15, 0.2) is 5.96 Å². The summed E-state index contributed by atoms with van der Waals surface area (Å²) in [5.41, 5.74) is 1.97. The highest BCUT2D eigenvalue weighted by atomic mass is 19.1. The number of anilines is 1. The molecule has 1 fully saturated rings. The van der Waals surface area contributed by atoms with E-state index < -0.39 is 0 Å². The second-order valence-corrected chi connectivity index (χ2v) is 6.13. The van der Waals surface area contributed by atoms with Gasteiger partial charge >= 0.3 is 0 Å². The van der Waals surface area contributed by atoms with E-state index in [0.717, 1.165) is 30.0 Å². The number of halogens is 1. The molecule has 0 amide bonds. The van der Waals surface area contributed by atoms with Crippen molar-refractivity contribution in [1.29, 1.82) is 0 Å². The van der Waals surface area contributed by atoms with Crippen LogP contribution in [-0.4, -0.2) is 31.1 Å². The Labute approximate surface area is 148 Å². The van der Waals surface area contributed by atoms with E-state index in [-0.39, 0.29) is 5.82 Å². The van der Waals surface area contributed by atoms with Crippen LogP contribution in [0.1, 0.15) is 24.0 Å². The number of nitrogens with one attached hydrogen (secondary N) is 2. The molecule has 0 bridgehead atoms. The van der Waals surface area contributed by atoms with E-state index in [9.17, 15) is 4.39 Å². The smallest absolute Gasteiger partial charge is 0.191 e. The molecule has 1 aliphatic heterocycles. The van der Waals surface area contributed by atoms with Crippen LogP contribution in [0, 0.1) is 5.82 Å². The van der Waals surface area contributed by atoms with Gasteiger partial charge < -0.3 is 15.5 Å². The molecule has 0 spiro atoms. The molecule has 0 unspecified atom stereocenters. The number of aromatic nitrogens is 1. The molecule has 2 heterocycles. The summed E-state index contributed by atoms with van der Waals surface area (Å²) in [5.74, 6) is 1.49. The van der Waals surface area contributed by atoms with Crippen molar-refractivity contribution in [2.24, 2.45) is 4.99 Å². The van der Waals surface area contributed by atoms with E-state index in [4.69, 9.17) is 0 Å². The number of aliphatic imine (C=N–C) groups is 1. The summed E-state index contributed by atoms with van der Waals surface area (Å²) < 4.78 is 13.2. The second-order valence-electron chi connectivity index (χ2n) is 6.13. The lowest BCUT2D eigenvalue weighted by Crippen LogP contribution is -2.36. The molecule has 3 rings (SSSR count). The Kier molecular flexibility index (Phi) is 5.82. The summed E-state index contributed by atoms with van der Waals surface area (Å²) in [5, 5.41) is 6.43. The van der Waals surface area contributed by atoms with Crippen LogP contribution in [0.2, 0.25) is 0 Å². The maximum absolute atomic E-state index is 13.2. The maximum atomic E-state index is 13.2. The Hall–Kier alpha value is -2.63. The third-order valence-electron chi connectivity index (χ3n) is 4.27. The molecule has 1 saturated heterocycles. The summed E-state index contributed by atoms with van der Waals surface area (Å²) in [6, 6.07) is 10.7. The highest BCUT2D eigenvalue weighted by Crippen LogP contribution is 2.17. The van der Waals surface area contributed by atoms with Crippen molar-refractivity contribution in [2.75, 3.05) is 25.0 Å².